The number of imidazole rings is 1. The van der Waals surface area contributed by atoms with Crippen molar-refractivity contribution in [2.24, 2.45) is 0 Å². The summed E-state index contributed by atoms with van der Waals surface area (Å²) < 4.78 is 0. The topological polar surface area (TPSA) is 106 Å². The fourth-order valence-corrected chi connectivity index (χ4v) is 6.29. The molecule has 0 saturated carbocycles. The monoisotopic (exact) mass is 772 g/mol. The van der Waals surface area contributed by atoms with Crippen LogP contribution in [0, 0.1) is 27.7 Å². The van der Waals surface area contributed by atoms with Gasteiger partial charge in [-0.15, -0.1) is 11.3 Å². The Kier molecular flexibility index (Phi) is 11.0. The fourth-order valence-electron chi connectivity index (χ4n) is 5.62. The van der Waals surface area contributed by atoms with Gasteiger partial charge >= 0.3 is 19.5 Å². The molecule has 10 heteroatoms. The van der Waals surface area contributed by atoms with Gasteiger partial charge in [-0.05, 0) is 112 Å². The Hall–Kier alpha value is -5.57. The molecule has 8 heterocycles. The van der Waals surface area contributed by atoms with Crippen LogP contribution in [0.1, 0.15) is 22.8 Å². The maximum atomic E-state index is 4.82. The summed E-state index contributed by atoms with van der Waals surface area (Å²) in [6.07, 6.45) is 3.61. The Labute approximate surface area is 313 Å². The molecule has 8 nitrogen and oxygen atoms in total. The first-order valence-corrected chi connectivity index (χ1v) is 17.1. The third-order valence-corrected chi connectivity index (χ3v) is 8.78. The Morgan fingerprint density at radius 3 is 1.33 bits per heavy atom. The molecule has 0 aliphatic rings. The number of thiophene rings is 1. The van der Waals surface area contributed by atoms with Crippen molar-refractivity contribution >= 4 is 44.2 Å². The zero-order chi connectivity index (χ0) is 34.5. The van der Waals surface area contributed by atoms with E-state index in [1.807, 2.05) is 119 Å². The largest absolute Gasteiger partial charge is 3.00 e. The van der Waals surface area contributed by atoms with E-state index in [0.29, 0.717) is 0 Å². The number of hydrogen-bond donors (Lipinski definition) is 1. The molecule has 0 atom stereocenters. The molecule has 0 fully saturated rings. The van der Waals surface area contributed by atoms with Crippen LogP contribution < -0.4 is 0 Å². The van der Waals surface area contributed by atoms with Gasteiger partial charge in [-0.1, -0.05) is 30.3 Å². The van der Waals surface area contributed by atoms with Crippen molar-refractivity contribution in [1.29, 1.82) is 0 Å². The van der Waals surface area contributed by atoms with Gasteiger partial charge in [0.05, 0.1) is 49.7 Å². The molecule has 0 spiro atoms. The van der Waals surface area contributed by atoms with E-state index in [-0.39, 0.29) is 19.5 Å². The van der Waals surface area contributed by atoms with Crippen LogP contribution in [0.2, 0.25) is 0 Å². The SMILES string of the molecule is Cc1cccc(-c2cccc(C)n2)n1.Cc1cccc(-c2cccc(C)n2)n1.[Ru+3].c1csc(-c2nc3c4cccnc4c4ncccc4c3[nH]2)c1. The van der Waals surface area contributed by atoms with E-state index >= 15 is 0 Å². The van der Waals surface area contributed by atoms with Crippen LogP contribution in [0.15, 0.2) is 127 Å². The van der Waals surface area contributed by atoms with E-state index in [2.05, 4.69) is 58.5 Å². The summed E-state index contributed by atoms with van der Waals surface area (Å²) in [4.78, 5) is 36.1. The number of fused-ring (bicyclic) bond motifs is 6. The van der Waals surface area contributed by atoms with Gasteiger partial charge in [0.2, 0.25) is 0 Å². The second kappa shape index (κ2) is 16.0. The molecule has 8 aromatic heterocycles. The maximum absolute atomic E-state index is 4.82. The van der Waals surface area contributed by atoms with Gasteiger partial charge in [-0.3, -0.25) is 29.9 Å². The van der Waals surface area contributed by atoms with Crippen LogP contribution in [0.3, 0.4) is 0 Å². The van der Waals surface area contributed by atoms with Gasteiger partial charge in [-0.25, -0.2) is 4.98 Å². The first-order valence-electron chi connectivity index (χ1n) is 16.2. The van der Waals surface area contributed by atoms with E-state index in [4.69, 9.17) is 4.98 Å². The molecule has 0 unspecified atom stereocenters. The summed E-state index contributed by atoms with van der Waals surface area (Å²) in [6.45, 7) is 7.94. The minimum Gasteiger partial charge on any atom is -0.337 e. The van der Waals surface area contributed by atoms with Crippen LogP contribution in [0.25, 0.3) is 66.3 Å². The molecule has 0 saturated heterocycles. The number of rotatable bonds is 3. The van der Waals surface area contributed by atoms with Crippen molar-refractivity contribution in [2.45, 2.75) is 27.7 Å². The van der Waals surface area contributed by atoms with Crippen molar-refractivity contribution < 1.29 is 19.5 Å². The van der Waals surface area contributed by atoms with Crippen molar-refractivity contribution in [3.63, 3.8) is 0 Å². The summed E-state index contributed by atoms with van der Waals surface area (Å²) >= 11 is 1.68. The number of aromatic amines is 1. The second-order valence-corrected chi connectivity index (χ2v) is 12.7. The minimum absolute atomic E-state index is 0. The van der Waals surface area contributed by atoms with E-state index in [1.54, 1.807) is 23.7 Å². The quantitative estimate of drug-likeness (QED) is 0.141. The van der Waals surface area contributed by atoms with Gasteiger partial charge in [-0.2, -0.15) is 0 Å². The summed E-state index contributed by atoms with van der Waals surface area (Å²) in [5.41, 5.74) is 11.6. The first-order chi connectivity index (χ1) is 24.4. The molecule has 1 aromatic carbocycles. The Morgan fingerprint density at radius 2 is 0.902 bits per heavy atom. The van der Waals surface area contributed by atoms with E-state index in [1.165, 1.54) is 0 Å². The van der Waals surface area contributed by atoms with Crippen molar-refractivity contribution in [2.75, 3.05) is 0 Å². The molecule has 0 aliphatic carbocycles. The molecule has 9 rings (SSSR count). The van der Waals surface area contributed by atoms with Crippen molar-refractivity contribution in [1.82, 2.24) is 39.9 Å². The number of pyridine rings is 6. The summed E-state index contributed by atoms with van der Waals surface area (Å²) in [5, 5.41) is 4.14. The van der Waals surface area contributed by atoms with Crippen LogP contribution >= 0.6 is 11.3 Å². The Morgan fingerprint density at radius 1 is 0.451 bits per heavy atom. The normalized spacial score (nSPS) is 10.6. The van der Waals surface area contributed by atoms with E-state index < -0.39 is 0 Å². The zero-order valence-corrected chi connectivity index (χ0v) is 31.1. The third-order valence-electron chi connectivity index (χ3n) is 7.90. The van der Waals surface area contributed by atoms with Crippen LogP contribution in [-0.2, 0) is 19.5 Å². The predicted molar refractivity (Wildman–Crippen MR) is 204 cm³/mol. The number of nitrogens with zero attached hydrogens (tertiary/aromatic N) is 7. The number of nitrogens with one attached hydrogen (secondary N) is 1. The van der Waals surface area contributed by atoms with Gasteiger partial charge < -0.3 is 4.98 Å². The molecule has 0 amide bonds. The number of hydrogen-bond acceptors (Lipinski definition) is 8. The second-order valence-electron chi connectivity index (χ2n) is 11.7. The number of benzene rings is 1. The molecule has 249 valence electrons. The molecular weight excluding hydrogens is 738 g/mol. The summed E-state index contributed by atoms with van der Waals surface area (Å²) in [6, 6.07) is 36.0. The molecule has 51 heavy (non-hydrogen) atoms. The Bertz CT molecular complexity index is 2320. The standard InChI is InChI=1S/C17H10N4S.2C12H12N2.Ru/c1-4-10-13(18-7-1)14-11(5-2-8-19-14)16-15(10)20-17(21-16)12-6-3-9-22-12;2*1-9-5-3-7-11(13-9)12-8-4-6-10(2)14-12;/h1-9H,(H,20,21);2*3-8H,1-2H3;/q;;;+3. The minimum atomic E-state index is 0. The smallest absolute Gasteiger partial charge is 0.337 e. The maximum Gasteiger partial charge on any atom is 3.00 e. The molecular formula is C41H34N8RuS+3. The van der Waals surface area contributed by atoms with Crippen LogP contribution in [0.4, 0.5) is 0 Å². The zero-order valence-electron chi connectivity index (χ0n) is 28.5. The van der Waals surface area contributed by atoms with Crippen LogP contribution in [0.5, 0.6) is 0 Å². The van der Waals surface area contributed by atoms with Gasteiger partial charge in [0, 0.05) is 45.9 Å². The number of aryl methyl sites for hydroxylation is 4. The molecule has 1 radical (unpaired) electrons. The summed E-state index contributed by atoms with van der Waals surface area (Å²) in [7, 11) is 0. The summed E-state index contributed by atoms with van der Waals surface area (Å²) in [5.74, 6) is 0.895. The van der Waals surface area contributed by atoms with Gasteiger partial charge in [0.25, 0.3) is 0 Å². The molecule has 0 bridgehead atoms. The number of aromatic nitrogens is 8. The predicted octanol–water partition coefficient (Wildman–Crippen LogP) is 9.91. The number of H-pyrrole nitrogens is 1. The first kappa shape index (κ1) is 35.3. The van der Waals surface area contributed by atoms with Crippen molar-refractivity contribution in [3.05, 3.63) is 150 Å². The average molecular weight is 772 g/mol. The molecule has 9 aromatic rings. The third kappa shape index (κ3) is 8.09. The Balaban J connectivity index is 0.000000137. The van der Waals surface area contributed by atoms with E-state index in [0.717, 1.165) is 89.1 Å². The average Bonchev–Trinajstić information content (AvgIpc) is 3.84. The molecule has 1 N–H and O–H groups in total. The van der Waals surface area contributed by atoms with E-state index in [9.17, 15) is 0 Å². The fraction of sp³-hybridized carbons (Fsp3) is 0.0976. The molecule has 0 aliphatic heterocycles. The van der Waals surface area contributed by atoms with Crippen LogP contribution in [-0.4, -0.2) is 39.9 Å². The van der Waals surface area contributed by atoms with Gasteiger partial charge in [0.15, 0.2) is 0 Å². The van der Waals surface area contributed by atoms with Gasteiger partial charge in [0.1, 0.15) is 5.82 Å². The van der Waals surface area contributed by atoms with Crippen molar-refractivity contribution in [3.8, 4) is 33.5 Å².